The highest BCUT2D eigenvalue weighted by atomic mass is 127. The molecule has 0 radical (unpaired) electrons. The molecule has 0 bridgehead atoms. The van der Waals surface area contributed by atoms with Gasteiger partial charge in [-0.25, -0.2) is 9.78 Å². The maximum atomic E-state index is 11.6. The highest BCUT2D eigenvalue weighted by Gasteiger charge is 2.20. The fraction of sp³-hybridized carbons (Fsp3) is 0. The van der Waals surface area contributed by atoms with Crippen LogP contribution in [-0.2, 0) is 0 Å². The summed E-state index contributed by atoms with van der Waals surface area (Å²) in [4.78, 5) is 16.0. The van der Waals surface area contributed by atoms with Crippen molar-refractivity contribution in [1.29, 1.82) is 0 Å². The highest BCUT2D eigenvalue weighted by Crippen LogP contribution is 2.36. The van der Waals surface area contributed by atoms with Crippen molar-refractivity contribution in [1.82, 2.24) is 4.98 Å². The van der Waals surface area contributed by atoms with E-state index in [-0.39, 0.29) is 17.0 Å². The number of hydrogen-bond donors (Lipinski definition) is 2. The van der Waals surface area contributed by atoms with E-state index in [0.717, 1.165) is 8.04 Å². The average Bonchev–Trinajstić information content (AvgIpc) is 2.47. The highest BCUT2D eigenvalue weighted by molar-refractivity contribution is 14.1. The summed E-state index contributed by atoms with van der Waals surface area (Å²) in [5.74, 6) is -1.49. The summed E-state index contributed by atoms with van der Waals surface area (Å²) in [6.45, 7) is 0. The van der Waals surface area contributed by atoms with Crippen LogP contribution in [0.3, 0.4) is 0 Å². The average molecular weight is 470 g/mol. The summed E-state index contributed by atoms with van der Waals surface area (Å²) in [5, 5.41) is 20.3. The lowest BCUT2D eigenvalue weighted by molar-refractivity contribution is 0.0696. The Morgan fingerprint density at radius 3 is 2.45 bits per heavy atom. The summed E-state index contributed by atoms with van der Waals surface area (Å²) in [7, 11) is 0. The first-order valence-corrected chi connectivity index (χ1v) is 8.16. The zero-order valence-corrected chi connectivity index (χ0v) is 14.8. The Morgan fingerprint density at radius 1 is 1.14 bits per heavy atom. The van der Waals surface area contributed by atoms with Crippen molar-refractivity contribution in [3.8, 4) is 17.0 Å². The second-order valence-corrected chi connectivity index (χ2v) is 6.82. The summed E-state index contributed by atoms with van der Waals surface area (Å²) in [5.41, 5.74) is 1.33. The molecule has 2 aromatic carbocycles. The van der Waals surface area contributed by atoms with E-state index >= 15 is 0 Å². The Labute approximate surface area is 148 Å². The molecule has 3 aromatic rings. The number of aromatic hydroxyl groups is 1. The molecule has 22 heavy (non-hydrogen) atoms. The molecule has 110 valence electrons. The zero-order valence-electron chi connectivity index (χ0n) is 11.0. The molecule has 1 heterocycles. The third kappa shape index (κ3) is 2.68. The van der Waals surface area contributed by atoms with Crippen molar-refractivity contribution in [2.24, 2.45) is 0 Å². The van der Waals surface area contributed by atoms with Crippen molar-refractivity contribution < 1.29 is 15.0 Å². The van der Waals surface area contributed by atoms with Crippen molar-refractivity contribution in [3.05, 3.63) is 56.1 Å². The van der Waals surface area contributed by atoms with Crippen LogP contribution in [0.15, 0.2) is 46.9 Å². The Balaban J connectivity index is 2.37. The van der Waals surface area contributed by atoms with Crippen LogP contribution in [-0.4, -0.2) is 21.2 Å². The lowest BCUT2D eigenvalue weighted by Gasteiger charge is -2.11. The molecule has 0 aliphatic rings. The van der Waals surface area contributed by atoms with Crippen LogP contribution in [0.2, 0.25) is 0 Å². The predicted molar refractivity (Wildman–Crippen MR) is 96.2 cm³/mol. The first-order chi connectivity index (χ1) is 10.5. The van der Waals surface area contributed by atoms with Crippen molar-refractivity contribution in [2.75, 3.05) is 0 Å². The Bertz CT molecular complexity index is 894. The molecule has 0 amide bonds. The second-order valence-electron chi connectivity index (χ2n) is 4.66. The van der Waals surface area contributed by atoms with Crippen LogP contribution in [0.5, 0.6) is 5.75 Å². The molecular weight excluding hydrogens is 461 g/mol. The van der Waals surface area contributed by atoms with Crippen LogP contribution >= 0.6 is 38.5 Å². The van der Waals surface area contributed by atoms with Crippen molar-refractivity contribution >= 4 is 55.4 Å². The molecule has 3 rings (SSSR count). The monoisotopic (exact) mass is 469 g/mol. The van der Waals surface area contributed by atoms with E-state index in [2.05, 4.69) is 43.5 Å². The summed E-state index contributed by atoms with van der Waals surface area (Å²) in [6, 6.07) is 12.5. The van der Waals surface area contributed by atoms with Gasteiger partial charge in [0.2, 0.25) is 0 Å². The van der Waals surface area contributed by atoms with Gasteiger partial charge in [0.1, 0.15) is 11.3 Å². The summed E-state index contributed by atoms with van der Waals surface area (Å²) < 4.78 is 1.77. The number of pyridine rings is 1. The van der Waals surface area contributed by atoms with Gasteiger partial charge < -0.3 is 10.2 Å². The number of aromatic nitrogens is 1. The fourth-order valence-electron chi connectivity index (χ4n) is 2.25. The quantitative estimate of drug-likeness (QED) is 0.535. The Hall–Kier alpha value is -1.67. The number of hydrogen-bond acceptors (Lipinski definition) is 3. The van der Waals surface area contributed by atoms with Gasteiger partial charge in [-0.1, -0.05) is 28.1 Å². The van der Waals surface area contributed by atoms with Crippen LogP contribution < -0.4 is 0 Å². The normalized spacial score (nSPS) is 10.8. The third-order valence-corrected chi connectivity index (χ3v) is 4.45. The predicted octanol–water partition coefficient (Wildman–Crippen LogP) is 4.67. The molecule has 0 spiro atoms. The van der Waals surface area contributed by atoms with E-state index in [1.165, 1.54) is 0 Å². The number of carboxylic acid groups (broad SMARTS) is 1. The SMILES string of the molecule is O=C(O)c1c(O)c(-c2ccc(Br)cc2)nc2ccc(I)cc12. The van der Waals surface area contributed by atoms with E-state index in [1.807, 2.05) is 18.2 Å². The van der Waals surface area contributed by atoms with E-state index in [9.17, 15) is 15.0 Å². The molecule has 0 aliphatic carbocycles. The van der Waals surface area contributed by atoms with Crippen LogP contribution in [0.1, 0.15) is 10.4 Å². The molecular formula is C16H9BrINO3. The number of benzene rings is 2. The number of carboxylic acids is 1. The molecule has 1 aromatic heterocycles. The Kier molecular flexibility index (Phi) is 4.05. The first-order valence-electron chi connectivity index (χ1n) is 6.29. The molecule has 0 saturated heterocycles. The Morgan fingerprint density at radius 2 is 1.82 bits per heavy atom. The van der Waals surface area contributed by atoms with E-state index in [0.29, 0.717) is 16.5 Å². The van der Waals surface area contributed by atoms with Crippen molar-refractivity contribution in [3.63, 3.8) is 0 Å². The molecule has 4 nitrogen and oxygen atoms in total. The number of aromatic carboxylic acids is 1. The van der Waals surface area contributed by atoms with Gasteiger partial charge in [0.05, 0.1) is 5.52 Å². The van der Waals surface area contributed by atoms with Crippen LogP contribution in [0, 0.1) is 3.57 Å². The molecule has 0 atom stereocenters. The maximum Gasteiger partial charge on any atom is 0.340 e. The molecule has 6 heteroatoms. The largest absolute Gasteiger partial charge is 0.505 e. The van der Waals surface area contributed by atoms with Gasteiger partial charge in [0.25, 0.3) is 0 Å². The fourth-order valence-corrected chi connectivity index (χ4v) is 3.01. The molecule has 0 unspecified atom stereocenters. The standard InChI is InChI=1S/C16H9BrINO3/c17-9-3-1-8(2-4-9)14-15(20)13(16(21)22)11-7-10(18)5-6-12(11)19-14/h1-7,20H,(H,21,22). The summed E-state index contributed by atoms with van der Waals surface area (Å²) >= 11 is 5.44. The van der Waals surface area contributed by atoms with Gasteiger partial charge in [-0.3, -0.25) is 0 Å². The maximum absolute atomic E-state index is 11.6. The number of nitrogens with zero attached hydrogens (tertiary/aromatic N) is 1. The molecule has 0 aliphatic heterocycles. The van der Waals surface area contributed by atoms with Gasteiger partial charge in [-0.05, 0) is 52.9 Å². The smallest absolute Gasteiger partial charge is 0.340 e. The minimum absolute atomic E-state index is 0.124. The minimum atomic E-state index is -1.18. The number of carbonyl (C=O) groups is 1. The number of fused-ring (bicyclic) bond motifs is 1. The summed E-state index contributed by atoms with van der Waals surface area (Å²) in [6.07, 6.45) is 0. The van der Waals surface area contributed by atoms with Crippen molar-refractivity contribution in [2.45, 2.75) is 0 Å². The van der Waals surface area contributed by atoms with Crippen LogP contribution in [0.25, 0.3) is 22.2 Å². The van der Waals surface area contributed by atoms with Gasteiger partial charge in [0, 0.05) is 19.0 Å². The second kappa shape index (κ2) is 5.85. The van der Waals surface area contributed by atoms with Gasteiger partial charge in [0.15, 0.2) is 5.75 Å². The van der Waals surface area contributed by atoms with Crippen LogP contribution in [0.4, 0.5) is 0 Å². The lowest BCUT2D eigenvalue weighted by atomic mass is 10.0. The molecule has 0 saturated carbocycles. The van der Waals surface area contributed by atoms with Gasteiger partial charge in [-0.2, -0.15) is 0 Å². The van der Waals surface area contributed by atoms with E-state index in [1.54, 1.807) is 24.3 Å². The lowest BCUT2D eigenvalue weighted by Crippen LogP contribution is -2.02. The minimum Gasteiger partial charge on any atom is -0.505 e. The number of halogens is 2. The molecule has 0 fully saturated rings. The van der Waals surface area contributed by atoms with E-state index in [4.69, 9.17) is 0 Å². The van der Waals surface area contributed by atoms with Gasteiger partial charge in [-0.15, -0.1) is 0 Å². The zero-order chi connectivity index (χ0) is 15.9. The third-order valence-electron chi connectivity index (χ3n) is 3.25. The first kappa shape index (κ1) is 15.2. The number of rotatable bonds is 2. The molecule has 2 N–H and O–H groups in total. The topological polar surface area (TPSA) is 70.4 Å². The van der Waals surface area contributed by atoms with E-state index < -0.39 is 5.97 Å². The van der Waals surface area contributed by atoms with Gasteiger partial charge >= 0.3 is 5.97 Å².